The predicted octanol–water partition coefficient (Wildman–Crippen LogP) is 3.15. The number of nitrogens with one attached hydrogen (secondary N) is 1. The summed E-state index contributed by atoms with van der Waals surface area (Å²) in [6.45, 7) is 4.27. The van der Waals surface area contributed by atoms with Gasteiger partial charge in [0.2, 0.25) is 0 Å². The summed E-state index contributed by atoms with van der Waals surface area (Å²) in [4.78, 5) is 13.8. The fourth-order valence-electron chi connectivity index (χ4n) is 2.38. The lowest BCUT2D eigenvalue weighted by molar-refractivity contribution is 0.201. The maximum atomic E-state index is 12.2. The molecule has 1 heterocycles. The van der Waals surface area contributed by atoms with Crippen LogP contribution in [0.4, 0.5) is 4.79 Å². The normalized spacial score (nSPS) is 11.8. The molecule has 0 unspecified atom stereocenters. The molecule has 1 N–H and O–H groups in total. The Hall–Kier alpha value is -2.50. The molecular formula is C18H25N3O3. The molecule has 130 valence electrons. The molecule has 24 heavy (non-hydrogen) atoms. The lowest BCUT2D eigenvalue weighted by atomic mass is 10.1. The number of aryl methyl sites for hydroxylation is 2. The van der Waals surface area contributed by atoms with Gasteiger partial charge in [-0.05, 0) is 44.4 Å². The molecule has 6 heteroatoms. The average molecular weight is 331 g/mol. The minimum atomic E-state index is -0.113. The van der Waals surface area contributed by atoms with Crippen molar-refractivity contribution in [3.05, 3.63) is 47.3 Å². The van der Waals surface area contributed by atoms with Crippen LogP contribution in [0.5, 0.6) is 5.75 Å². The summed E-state index contributed by atoms with van der Waals surface area (Å²) in [6.07, 6.45) is 1.77. The molecule has 6 nitrogen and oxygen atoms in total. The van der Waals surface area contributed by atoms with Crippen molar-refractivity contribution in [2.75, 3.05) is 14.2 Å². The quantitative estimate of drug-likeness (QED) is 0.846. The molecule has 0 saturated carbocycles. The number of nitrogens with zero attached hydrogens (tertiary/aromatic N) is 2. The smallest absolute Gasteiger partial charge is 0.317 e. The molecule has 1 atom stereocenters. The van der Waals surface area contributed by atoms with Crippen LogP contribution in [0.3, 0.4) is 0 Å². The highest BCUT2D eigenvalue weighted by Gasteiger charge is 2.14. The summed E-state index contributed by atoms with van der Waals surface area (Å²) in [5.74, 6) is 1.59. The van der Waals surface area contributed by atoms with Crippen molar-refractivity contribution in [3.63, 3.8) is 0 Å². The topological polar surface area (TPSA) is 67.6 Å². The number of benzene rings is 1. The van der Waals surface area contributed by atoms with E-state index < -0.39 is 0 Å². The van der Waals surface area contributed by atoms with Crippen LogP contribution in [-0.4, -0.2) is 36.3 Å². The molecule has 0 aliphatic heterocycles. The first kappa shape index (κ1) is 17.8. The number of rotatable bonds is 7. The van der Waals surface area contributed by atoms with E-state index in [1.54, 1.807) is 19.1 Å². The Morgan fingerprint density at radius 1 is 1.38 bits per heavy atom. The molecule has 0 saturated heterocycles. The second kappa shape index (κ2) is 8.38. The van der Waals surface area contributed by atoms with Gasteiger partial charge in [-0.3, -0.25) is 0 Å². The third-order valence-electron chi connectivity index (χ3n) is 3.82. The number of ether oxygens (including phenoxy) is 1. The summed E-state index contributed by atoms with van der Waals surface area (Å²) >= 11 is 0. The molecule has 2 aromatic rings. The van der Waals surface area contributed by atoms with Crippen molar-refractivity contribution in [3.8, 4) is 5.75 Å². The third-order valence-corrected chi connectivity index (χ3v) is 3.82. The van der Waals surface area contributed by atoms with Crippen LogP contribution >= 0.6 is 0 Å². The Morgan fingerprint density at radius 2 is 2.08 bits per heavy atom. The van der Waals surface area contributed by atoms with E-state index >= 15 is 0 Å². The van der Waals surface area contributed by atoms with Gasteiger partial charge in [-0.1, -0.05) is 17.3 Å². The molecule has 2 amide bonds. The number of aromatic nitrogens is 1. The average Bonchev–Trinajstić information content (AvgIpc) is 2.98. The summed E-state index contributed by atoms with van der Waals surface area (Å²) < 4.78 is 10.2. The first-order valence-corrected chi connectivity index (χ1v) is 8.04. The lowest BCUT2D eigenvalue weighted by Gasteiger charge is -2.20. The van der Waals surface area contributed by atoms with Gasteiger partial charge in [-0.25, -0.2) is 4.79 Å². The van der Waals surface area contributed by atoms with E-state index in [1.807, 2.05) is 44.2 Å². The van der Waals surface area contributed by atoms with Gasteiger partial charge in [0, 0.05) is 19.2 Å². The second-order valence-corrected chi connectivity index (χ2v) is 6.02. The van der Waals surface area contributed by atoms with Gasteiger partial charge in [0.1, 0.15) is 17.2 Å². The van der Waals surface area contributed by atoms with Crippen molar-refractivity contribution in [2.45, 2.75) is 39.3 Å². The highest BCUT2D eigenvalue weighted by atomic mass is 16.5. The van der Waals surface area contributed by atoms with Crippen LogP contribution < -0.4 is 10.1 Å². The van der Waals surface area contributed by atoms with Crippen LogP contribution in [0, 0.1) is 6.92 Å². The van der Waals surface area contributed by atoms with Crippen molar-refractivity contribution < 1.29 is 14.1 Å². The fraction of sp³-hybridized carbons (Fsp3) is 0.444. The zero-order valence-corrected chi connectivity index (χ0v) is 14.7. The van der Waals surface area contributed by atoms with Crippen LogP contribution in [0.2, 0.25) is 0 Å². The molecule has 0 aliphatic rings. The van der Waals surface area contributed by atoms with Crippen molar-refractivity contribution >= 4 is 6.03 Å². The number of amides is 2. The van der Waals surface area contributed by atoms with E-state index in [0.29, 0.717) is 6.54 Å². The SMILES string of the molecule is COc1ccc(CC[C@H](C)NC(=O)N(C)Cc2cc(C)on2)cc1. The summed E-state index contributed by atoms with van der Waals surface area (Å²) in [6, 6.07) is 9.80. The summed E-state index contributed by atoms with van der Waals surface area (Å²) in [5.41, 5.74) is 1.97. The summed E-state index contributed by atoms with van der Waals surface area (Å²) in [5, 5.41) is 6.90. The molecule has 0 fully saturated rings. The van der Waals surface area contributed by atoms with Crippen molar-refractivity contribution in [1.29, 1.82) is 0 Å². The highest BCUT2D eigenvalue weighted by Crippen LogP contribution is 2.13. The maximum Gasteiger partial charge on any atom is 0.317 e. The number of urea groups is 1. The molecule has 0 spiro atoms. The molecule has 0 radical (unpaired) electrons. The Labute approximate surface area is 142 Å². The van der Waals surface area contributed by atoms with Crippen LogP contribution in [0.25, 0.3) is 0 Å². The maximum absolute atomic E-state index is 12.2. The molecule has 2 rings (SSSR count). The van der Waals surface area contributed by atoms with E-state index in [0.717, 1.165) is 30.0 Å². The van der Waals surface area contributed by atoms with Gasteiger partial charge >= 0.3 is 6.03 Å². The van der Waals surface area contributed by atoms with Gasteiger partial charge in [0.25, 0.3) is 0 Å². The first-order valence-electron chi connectivity index (χ1n) is 8.04. The number of carbonyl (C=O) groups excluding carboxylic acids is 1. The zero-order valence-electron chi connectivity index (χ0n) is 14.7. The Morgan fingerprint density at radius 3 is 2.67 bits per heavy atom. The van der Waals surface area contributed by atoms with Crippen LogP contribution in [0.15, 0.2) is 34.9 Å². The van der Waals surface area contributed by atoms with E-state index in [1.165, 1.54) is 5.56 Å². The van der Waals surface area contributed by atoms with Crippen LogP contribution in [-0.2, 0) is 13.0 Å². The summed E-state index contributed by atoms with van der Waals surface area (Å²) in [7, 11) is 3.40. The number of hydrogen-bond donors (Lipinski definition) is 1. The Bertz CT molecular complexity index is 652. The van der Waals surface area contributed by atoms with Gasteiger partial charge in [0.15, 0.2) is 0 Å². The predicted molar refractivity (Wildman–Crippen MR) is 92.0 cm³/mol. The first-order chi connectivity index (χ1) is 11.5. The second-order valence-electron chi connectivity index (χ2n) is 6.02. The Balaban J connectivity index is 1.75. The van der Waals surface area contributed by atoms with Gasteiger partial charge < -0.3 is 19.5 Å². The molecular weight excluding hydrogens is 306 g/mol. The van der Waals surface area contributed by atoms with E-state index in [4.69, 9.17) is 9.26 Å². The fourth-order valence-corrected chi connectivity index (χ4v) is 2.38. The van der Waals surface area contributed by atoms with Crippen molar-refractivity contribution in [2.24, 2.45) is 0 Å². The third kappa shape index (κ3) is 5.30. The van der Waals surface area contributed by atoms with Gasteiger partial charge in [-0.15, -0.1) is 0 Å². The van der Waals surface area contributed by atoms with Crippen LogP contribution in [0.1, 0.15) is 30.4 Å². The molecule has 0 bridgehead atoms. The number of hydrogen-bond acceptors (Lipinski definition) is 4. The van der Waals surface area contributed by atoms with Gasteiger partial charge in [-0.2, -0.15) is 0 Å². The monoisotopic (exact) mass is 331 g/mol. The minimum absolute atomic E-state index is 0.0843. The number of carbonyl (C=O) groups is 1. The molecule has 1 aromatic heterocycles. The molecule has 0 aliphatic carbocycles. The van der Waals surface area contributed by atoms with Gasteiger partial charge in [0.05, 0.1) is 13.7 Å². The highest BCUT2D eigenvalue weighted by molar-refractivity contribution is 5.74. The van der Waals surface area contributed by atoms with E-state index in [9.17, 15) is 4.79 Å². The number of methoxy groups -OCH3 is 1. The van der Waals surface area contributed by atoms with E-state index in [-0.39, 0.29) is 12.1 Å². The largest absolute Gasteiger partial charge is 0.497 e. The lowest BCUT2D eigenvalue weighted by Crippen LogP contribution is -2.41. The van der Waals surface area contributed by atoms with Crippen molar-refractivity contribution in [1.82, 2.24) is 15.4 Å². The van der Waals surface area contributed by atoms with E-state index in [2.05, 4.69) is 10.5 Å². The zero-order chi connectivity index (χ0) is 17.5. The minimum Gasteiger partial charge on any atom is -0.497 e. The molecule has 1 aromatic carbocycles. The Kier molecular flexibility index (Phi) is 6.23. The standard InChI is InChI=1S/C18H25N3O3/c1-13(5-6-15-7-9-17(23-4)10-8-15)19-18(22)21(3)12-16-11-14(2)24-20-16/h7-11,13H,5-6,12H2,1-4H3,(H,19,22)/t13-/m0/s1.